The molecule has 0 aromatic rings. The number of halogens is 2. The lowest BCUT2D eigenvalue weighted by Gasteiger charge is -2.28. The number of amides is 1. The van der Waals surface area contributed by atoms with E-state index in [4.69, 9.17) is 11.6 Å². The number of nitrogens with one attached hydrogen (secondary N) is 2. The van der Waals surface area contributed by atoms with Crippen molar-refractivity contribution in [2.24, 2.45) is 5.92 Å². The smallest absolute Gasteiger partial charge is 0.220 e. The van der Waals surface area contributed by atoms with Crippen LogP contribution in [0.4, 0.5) is 0 Å². The third kappa shape index (κ3) is 4.49. The van der Waals surface area contributed by atoms with E-state index in [2.05, 4.69) is 17.2 Å². The minimum atomic E-state index is 0. The third-order valence-corrected chi connectivity index (χ3v) is 3.66. The number of piperidine rings is 1. The van der Waals surface area contributed by atoms with Gasteiger partial charge in [0.05, 0.1) is 6.54 Å². The van der Waals surface area contributed by atoms with Crippen molar-refractivity contribution in [3.63, 3.8) is 0 Å². The van der Waals surface area contributed by atoms with Gasteiger partial charge < -0.3 is 10.6 Å². The van der Waals surface area contributed by atoms with Crippen molar-refractivity contribution in [2.45, 2.75) is 44.2 Å². The van der Waals surface area contributed by atoms with E-state index in [1.54, 1.807) is 0 Å². The molecule has 2 aliphatic heterocycles. The monoisotopic (exact) mass is 278 g/mol. The summed E-state index contributed by atoms with van der Waals surface area (Å²) >= 11 is 5.60. The van der Waals surface area contributed by atoms with Crippen molar-refractivity contribution in [2.75, 3.05) is 6.54 Å². The highest BCUT2D eigenvalue weighted by molar-refractivity contribution is 6.29. The molecule has 0 saturated carbocycles. The highest BCUT2D eigenvalue weighted by Crippen LogP contribution is 2.32. The first-order chi connectivity index (χ1) is 7.63. The number of carbonyl (C=O) groups is 1. The molecule has 2 unspecified atom stereocenters. The van der Waals surface area contributed by atoms with Gasteiger partial charge in [-0.3, -0.25) is 4.79 Å². The van der Waals surface area contributed by atoms with Crippen LogP contribution in [0.5, 0.6) is 0 Å². The molecular formula is C12H20Cl2N2O. The first kappa shape index (κ1) is 14.8. The van der Waals surface area contributed by atoms with Crippen molar-refractivity contribution < 1.29 is 4.79 Å². The standard InChI is InChI=1S/C12H19ClN2O.ClH/c1-8(13)7-14-12(16)6-9-4-10-2-3-11(5-9)15-10;/h9-11,15H,1-7H2,(H,14,16);1H. The van der Waals surface area contributed by atoms with E-state index in [1.807, 2.05) is 0 Å². The summed E-state index contributed by atoms with van der Waals surface area (Å²) in [7, 11) is 0. The largest absolute Gasteiger partial charge is 0.351 e. The molecule has 0 aromatic carbocycles. The lowest BCUT2D eigenvalue weighted by Crippen LogP contribution is -2.39. The van der Waals surface area contributed by atoms with Crippen LogP contribution in [-0.4, -0.2) is 24.5 Å². The van der Waals surface area contributed by atoms with Gasteiger partial charge in [-0.05, 0) is 31.6 Å². The summed E-state index contributed by atoms with van der Waals surface area (Å²) in [4.78, 5) is 11.6. The van der Waals surface area contributed by atoms with E-state index in [-0.39, 0.29) is 18.3 Å². The van der Waals surface area contributed by atoms with Crippen molar-refractivity contribution in [3.05, 3.63) is 11.6 Å². The van der Waals surface area contributed by atoms with Gasteiger partial charge >= 0.3 is 0 Å². The van der Waals surface area contributed by atoms with Gasteiger partial charge in [0.25, 0.3) is 0 Å². The summed E-state index contributed by atoms with van der Waals surface area (Å²) in [6, 6.07) is 1.30. The van der Waals surface area contributed by atoms with Crippen LogP contribution in [0, 0.1) is 5.92 Å². The van der Waals surface area contributed by atoms with E-state index < -0.39 is 0 Å². The molecule has 0 aliphatic carbocycles. The number of hydrogen-bond acceptors (Lipinski definition) is 2. The van der Waals surface area contributed by atoms with Crippen LogP contribution in [0.15, 0.2) is 11.6 Å². The molecule has 2 aliphatic rings. The van der Waals surface area contributed by atoms with E-state index >= 15 is 0 Å². The van der Waals surface area contributed by atoms with Gasteiger partial charge in [0.1, 0.15) is 0 Å². The van der Waals surface area contributed by atoms with Crippen LogP contribution in [0.3, 0.4) is 0 Å². The zero-order valence-electron chi connectivity index (χ0n) is 9.88. The van der Waals surface area contributed by atoms with E-state index in [0.29, 0.717) is 36.0 Å². The molecule has 17 heavy (non-hydrogen) atoms. The Balaban J connectivity index is 0.00000144. The Morgan fingerprint density at radius 2 is 1.94 bits per heavy atom. The van der Waals surface area contributed by atoms with Crippen LogP contribution in [-0.2, 0) is 4.79 Å². The molecule has 0 aromatic heterocycles. The molecule has 98 valence electrons. The Morgan fingerprint density at radius 1 is 1.35 bits per heavy atom. The molecular weight excluding hydrogens is 259 g/mol. The first-order valence-corrected chi connectivity index (χ1v) is 6.37. The molecule has 5 heteroatoms. The van der Waals surface area contributed by atoms with Crippen molar-refractivity contribution in [3.8, 4) is 0 Å². The van der Waals surface area contributed by atoms with Gasteiger partial charge in [0.15, 0.2) is 0 Å². The third-order valence-electron chi connectivity index (χ3n) is 3.52. The Hall–Kier alpha value is -0.250. The maximum Gasteiger partial charge on any atom is 0.220 e. The second-order valence-corrected chi connectivity index (χ2v) is 5.51. The van der Waals surface area contributed by atoms with Crippen LogP contribution < -0.4 is 10.6 Å². The van der Waals surface area contributed by atoms with Crippen LogP contribution in [0.2, 0.25) is 0 Å². The van der Waals surface area contributed by atoms with E-state index in [9.17, 15) is 4.79 Å². The molecule has 2 fully saturated rings. The lowest BCUT2D eigenvalue weighted by molar-refractivity contribution is -0.122. The second-order valence-electron chi connectivity index (χ2n) is 4.97. The zero-order valence-corrected chi connectivity index (χ0v) is 11.4. The lowest BCUT2D eigenvalue weighted by atomic mass is 9.89. The molecule has 0 spiro atoms. The molecule has 2 N–H and O–H groups in total. The first-order valence-electron chi connectivity index (χ1n) is 5.99. The molecule has 2 atom stereocenters. The highest BCUT2D eigenvalue weighted by atomic mass is 35.5. The van der Waals surface area contributed by atoms with Gasteiger partial charge in [0, 0.05) is 23.5 Å². The van der Waals surface area contributed by atoms with Gasteiger partial charge in [0.2, 0.25) is 5.91 Å². The fraction of sp³-hybridized carbons (Fsp3) is 0.750. The number of carbonyl (C=O) groups excluding carboxylic acids is 1. The Labute approximate surface area is 114 Å². The topological polar surface area (TPSA) is 41.1 Å². The van der Waals surface area contributed by atoms with E-state index in [0.717, 1.165) is 12.8 Å². The average molecular weight is 279 g/mol. The summed E-state index contributed by atoms with van der Waals surface area (Å²) in [5.74, 6) is 0.649. The number of rotatable bonds is 4. The van der Waals surface area contributed by atoms with E-state index in [1.165, 1.54) is 12.8 Å². The van der Waals surface area contributed by atoms with Crippen LogP contribution in [0.25, 0.3) is 0 Å². The van der Waals surface area contributed by atoms with Gasteiger partial charge in [-0.15, -0.1) is 12.4 Å². The highest BCUT2D eigenvalue weighted by Gasteiger charge is 2.33. The molecule has 1 amide bonds. The average Bonchev–Trinajstić information content (AvgIpc) is 2.55. The summed E-state index contributed by atoms with van der Waals surface area (Å²) < 4.78 is 0. The maximum absolute atomic E-state index is 11.6. The fourth-order valence-corrected chi connectivity index (χ4v) is 2.94. The van der Waals surface area contributed by atoms with Gasteiger partial charge in [-0.25, -0.2) is 0 Å². The van der Waals surface area contributed by atoms with Crippen molar-refractivity contribution >= 4 is 29.9 Å². The number of hydrogen-bond donors (Lipinski definition) is 2. The molecule has 2 rings (SSSR count). The SMILES string of the molecule is C=C(Cl)CNC(=O)CC1CC2CCC(C1)N2.Cl. The predicted molar refractivity (Wildman–Crippen MR) is 72.5 cm³/mol. The fourth-order valence-electron chi connectivity index (χ4n) is 2.87. The number of fused-ring (bicyclic) bond motifs is 2. The molecule has 2 saturated heterocycles. The summed E-state index contributed by atoms with van der Waals surface area (Å²) in [6.45, 7) is 3.94. The minimum Gasteiger partial charge on any atom is -0.351 e. The predicted octanol–water partition coefficient (Wildman–Crippen LogP) is 2.20. The molecule has 0 radical (unpaired) electrons. The minimum absolute atomic E-state index is 0. The molecule has 2 bridgehead atoms. The Kier molecular flexibility index (Phi) is 5.77. The molecule has 2 heterocycles. The normalized spacial score (nSPS) is 30.5. The zero-order chi connectivity index (χ0) is 11.5. The Bertz CT molecular complexity index is 284. The van der Waals surface area contributed by atoms with Crippen molar-refractivity contribution in [1.82, 2.24) is 10.6 Å². The quantitative estimate of drug-likeness (QED) is 0.828. The Morgan fingerprint density at radius 3 is 2.47 bits per heavy atom. The molecule has 3 nitrogen and oxygen atoms in total. The maximum atomic E-state index is 11.6. The summed E-state index contributed by atoms with van der Waals surface area (Å²) in [5, 5.41) is 6.85. The summed E-state index contributed by atoms with van der Waals surface area (Å²) in [5.41, 5.74) is 0. The van der Waals surface area contributed by atoms with Crippen molar-refractivity contribution in [1.29, 1.82) is 0 Å². The van der Waals surface area contributed by atoms with Gasteiger partial charge in [-0.2, -0.15) is 0 Å². The van der Waals surface area contributed by atoms with Crippen LogP contribution >= 0.6 is 24.0 Å². The van der Waals surface area contributed by atoms with Gasteiger partial charge in [-0.1, -0.05) is 18.2 Å². The second kappa shape index (κ2) is 6.62. The summed E-state index contributed by atoms with van der Waals surface area (Å²) in [6.07, 6.45) is 5.48. The van der Waals surface area contributed by atoms with Crippen LogP contribution in [0.1, 0.15) is 32.1 Å².